The zero-order valence-corrected chi connectivity index (χ0v) is 14.1. The highest BCUT2D eigenvalue weighted by molar-refractivity contribution is 9.10. The second-order valence-electron chi connectivity index (χ2n) is 4.89. The van der Waals surface area contributed by atoms with Gasteiger partial charge in [-0.25, -0.2) is 9.97 Å². The van der Waals surface area contributed by atoms with Crippen LogP contribution in [0, 0.1) is 6.92 Å². The lowest BCUT2D eigenvalue weighted by molar-refractivity contribution is 0.413. The molecule has 0 saturated heterocycles. The fraction of sp³-hybridized carbons (Fsp3) is 0.375. The van der Waals surface area contributed by atoms with E-state index in [1.54, 1.807) is 7.11 Å². The van der Waals surface area contributed by atoms with E-state index in [0.717, 1.165) is 34.6 Å². The maximum Gasteiger partial charge on any atom is 0.145 e. The van der Waals surface area contributed by atoms with E-state index in [0.29, 0.717) is 0 Å². The zero-order valence-electron chi connectivity index (χ0n) is 12.6. The SMILES string of the molecule is CCNC(Cc1cc(OC)ccc1Br)c1ncc(C)cn1. The number of halogens is 1. The predicted octanol–water partition coefficient (Wildman–Crippen LogP) is 3.45. The molecule has 1 atom stereocenters. The number of methoxy groups -OCH3 is 1. The van der Waals surface area contributed by atoms with E-state index in [4.69, 9.17) is 4.74 Å². The summed E-state index contributed by atoms with van der Waals surface area (Å²) in [6.07, 6.45) is 4.51. The molecular formula is C16H20BrN3O. The summed E-state index contributed by atoms with van der Waals surface area (Å²) < 4.78 is 6.37. The summed E-state index contributed by atoms with van der Waals surface area (Å²) >= 11 is 3.60. The number of aromatic nitrogens is 2. The zero-order chi connectivity index (χ0) is 15.2. The van der Waals surface area contributed by atoms with E-state index in [1.165, 1.54) is 5.56 Å². The molecule has 0 spiro atoms. The van der Waals surface area contributed by atoms with Gasteiger partial charge in [0.25, 0.3) is 0 Å². The Labute approximate surface area is 134 Å². The highest BCUT2D eigenvalue weighted by atomic mass is 79.9. The summed E-state index contributed by atoms with van der Waals surface area (Å²) in [5.41, 5.74) is 2.24. The summed E-state index contributed by atoms with van der Waals surface area (Å²) in [6, 6.07) is 6.08. The summed E-state index contributed by atoms with van der Waals surface area (Å²) in [7, 11) is 1.68. The van der Waals surface area contributed by atoms with Crippen LogP contribution in [0.5, 0.6) is 5.75 Å². The maximum absolute atomic E-state index is 5.30. The third-order valence-electron chi connectivity index (χ3n) is 3.24. The predicted molar refractivity (Wildman–Crippen MR) is 87.6 cm³/mol. The van der Waals surface area contributed by atoms with Gasteiger partial charge in [0.2, 0.25) is 0 Å². The van der Waals surface area contributed by atoms with Crippen molar-refractivity contribution < 1.29 is 4.74 Å². The van der Waals surface area contributed by atoms with Crippen LogP contribution >= 0.6 is 15.9 Å². The molecule has 21 heavy (non-hydrogen) atoms. The molecule has 4 nitrogen and oxygen atoms in total. The minimum absolute atomic E-state index is 0.0824. The van der Waals surface area contributed by atoms with Crippen LogP contribution in [-0.2, 0) is 6.42 Å². The number of ether oxygens (including phenoxy) is 1. The van der Waals surface area contributed by atoms with Crippen LogP contribution < -0.4 is 10.1 Å². The molecular weight excluding hydrogens is 330 g/mol. The lowest BCUT2D eigenvalue weighted by Crippen LogP contribution is -2.25. The summed E-state index contributed by atoms with van der Waals surface area (Å²) in [4.78, 5) is 8.89. The molecule has 0 aliphatic heterocycles. The normalized spacial score (nSPS) is 12.2. The van der Waals surface area contributed by atoms with Gasteiger partial charge in [-0.3, -0.25) is 0 Å². The first-order chi connectivity index (χ1) is 10.1. The maximum atomic E-state index is 5.30. The molecule has 1 heterocycles. The van der Waals surface area contributed by atoms with Crippen molar-refractivity contribution in [3.05, 3.63) is 52.0 Å². The van der Waals surface area contributed by atoms with Gasteiger partial charge in [-0.1, -0.05) is 22.9 Å². The Morgan fingerprint density at radius 1 is 1.29 bits per heavy atom. The van der Waals surface area contributed by atoms with Crippen LogP contribution in [0.25, 0.3) is 0 Å². The number of likely N-dealkylation sites (N-methyl/N-ethyl adjacent to an activating group) is 1. The molecule has 0 amide bonds. The number of benzene rings is 1. The van der Waals surface area contributed by atoms with Crippen LogP contribution in [0.2, 0.25) is 0 Å². The average molecular weight is 350 g/mol. The molecule has 0 radical (unpaired) electrons. The minimum atomic E-state index is 0.0824. The van der Waals surface area contributed by atoms with Crippen molar-refractivity contribution in [2.24, 2.45) is 0 Å². The fourth-order valence-electron chi connectivity index (χ4n) is 2.14. The Morgan fingerprint density at radius 2 is 2.00 bits per heavy atom. The van der Waals surface area contributed by atoms with Crippen molar-refractivity contribution >= 4 is 15.9 Å². The lowest BCUT2D eigenvalue weighted by Gasteiger charge is -2.18. The quantitative estimate of drug-likeness (QED) is 0.867. The number of aryl methyl sites for hydroxylation is 1. The number of rotatable bonds is 6. The van der Waals surface area contributed by atoms with Crippen molar-refractivity contribution in [1.29, 1.82) is 0 Å². The van der Waals surface area contributed by atoms with Gasteiger partial charge in [0.15, 0.2) is 0 Å². The van der Waals surface area contributed by atoms with Gasteiger partial charge in [0.05, 0.1) is 13.2 Å². The van der Waals surface area contributed by atoms with Crippen LogP contribution in [0.1, 0.15) is 29.9 Å². The third-order valence-corrected chi connectivity index (χ3v) is 4.01. The minimum Gasteiger partial charge on any atom is -0.497 e. The first-order valence-electron chi connectivity index (χ1n) is 6.98. The second-order valence-corrected chi connectivity index (χ2v) is 5.74. The van der Waals surface area contributed by atoms with Gasteiger partial charge in [-0.05, 0) is 49.2 Å². The Balaban J connectivity index is 2.25. The largest absolute Gasteiger partial charge is 0.497 e. The van der Waals surface area contributed by atoms with Gasteiger partial charge < -0.3 is 10.1 Å². The van der Waals surface area contributed by atoms with Crippen LogP contribution in [-0.4, -0.2) is 23.6 Å². The van der Waals surface area contributed by atoms with E-state index < -0.39 is 0 Å². The molecule has 112 valence electrons. The molecule has 5 heteroatoms. The highest BCUT2D eigenvalue weighted by Crippen LogP contribution is 2.26. The summed E-state index contributed by atoms with van der Waals surface area (Å²) in [5.74, 6) is 1.67. The van der Waals surface area contributed by atoms with E-state index in [-0.39, 0.29) is 6.04 Å². The molecule has 0 aliphatic carbocycles. The smallest absolute Gasteiger partial charge is 0.145 e. The third kappa shape index (κ3) is 4.25. The van der Waals surface area contributed by atoms with Gasteiger partial charge in [0, 0.05) is 16.9 Å². The van der Waals surface area contributed by atoms with E-state index in [9.17, 15) is 0 Å². The van der Waals surface area contributed by atoms with Crippen LogP contribution in [0.4, 0.5) is 0 Å². The summed E-state index contributed by atoms with van der Waals surface area (Å²) in [5, 5.41) is 3.44. The molecule has 0 saturated carbocycles. The Hall–Kier alpha value is -1.46. The van der Waals surface area contributed by atoms with Gasteiger partial charge in [0.1, 0.15) is 11.6 Å². The van der Waals surface area contributed by atoms with Crippen molar-refractivity contribution in [2.75, 3.05) is 13.7 Å². The van der Waals surface area contributed by atoms with E-state index >= 15 is 0 Å². The van der Waals surface area contributed by atoms with Crippen molar-refractivity contribution in [3.63, 3.8) is 0 Å². The topological polar surface area (TPSA) is 47.0 Å². The monoisotopic (exact) mass is 349 g/mol. The number of hydrogen-bond acceptors (Lipinski definition) is 4. The van der Waals surface area contributed by atoms with Crippen molar-refractivity contribution in [2.45, 2.75) is 26.3 Å². The van der Waals surface area contributed by atoms with Crippen molar-refractivity contribution in [3.8, 4) is 5.75 Å². The number of nitrogens with zero attached hydrogens (tertiary/aromatic N) is 2. The first kappa shape index (κ1) is 15.9. The molecule has 2 rings (SSSR count). The fourth-order valence-corrected chi connectivity index (χ4v) is 2.55. The van der Waals surface area contributed by atoms with Crippen LogP contribution in [0.3, 0.4) is 0 Å². The first-order valence-corrected chi connectivity index (χ1v) is 7.77. The lowest BCUT2D eigenvalue weighted by atomic mass is 10.0. The molecule has 2 aromatic rings. The van der Waals surface area contributed by atoms with Gasteiger partial charge >= 0.3 is 0 Å². The average Bonchev–Trinajstić information content (AvgIpc) is 2.49. The Morgan fingerprint density at radius 3 is 2.62 bits per heavy atom. The van der Waals surface area contributed by atoms with Crippen molar-refractivity contribution in [1.82, 2.24) is 15.3 Å². The molecule has 0 aliphatic rings. The van der Waals surface area contributed by atoms with E-state index in [2.05, 4.69) is 38.1 Å². The molecule has 1 unspecified atom stereocenters. The molecule has 0 fully saturated rings. The Bertz CT molecular complexity index is 587. The number of hydrogen-bond donors (Lipinski definition) is 1. The Kier molecular flexibility index (Phi) is 5.70. The number of nitrogens with one attached hydrogen (secondary N) is 1. The molecule has 0 bridgehead atoms. The van der Waals surface area contributed by atoms with E-state index in [1.807, 2.05) is 37.5 Å². The molecule has 1 aromatic heterocycles. The van der Waals surface area contributed by atoms with Gasteiger partial charge in [-0.2, -0.15) is 0 Å². The highest BCUT2D eigenvalue weighted by Gasteiger charge is 2.16. The van der Waals surface area contributed by atoms with Gasteiger partial charge in [-0.15, -0.1) is 0 Å². The molecule has 1 aromatic carbocycles. The molecule has 1 N–H and O–H groups in total. The second kappa shape index (κ2) is 7.52. The summed E-state index contributed by atoms with van der Waals surface area (Å²) in [6.45, 7) is 4.94. The van der Waals surface area contributed by atoms with Crippen LogP contribution in [0.15, 0.2) is 35.1 Å². The standard InChI is InChI=1S/C16H20BrN3O/c1-4-18-15(16-19-9-11(2)10-20-16)8-12-7-13(21-3)5-6-14(12)17/h5-7,9-10,15,18H,4,8H2,1-3H3.